The average molecular weight is 277 g/mol. The zero-order valence-electron chi connectivity index (χ0n) is 9.70. The smallest absolute Gasteiger partial charge is 0.294 e. The first-order chi connectivity index (χ1) is 8.38. The van der Waals surface area contributed by atoms with Gasteiger partial charge in [0, 0.05) is 6.54 Å². The average Bonchev–Trinajstić information content (AvgIpc) is 2.34. The van der Waals surface area contributed by atoms with Crippen LogP contribution in [0.25, 0.3) is 0 Å². The van der Waals surface area contributed by atoms with Crippen LogP contribution in [0.5, 0.6) is 5.75 Å². The van der Waals surface area contributed by atoms with Crippen molar-refractivity contribution in [2.75, 3.05) is 25.6 Å². The molecule has 0 aliphatic rings. The number of hydrogen-bond donors (Lipinski definition) is 4. The quantitative estimate of drug-likeness (QED) is 0.528. The van der Waals surface area contributed by atoms with E-state index < -0.39 is 22.8 Å². The number of benzene rings is 1. The zero-order valence-corrected chi connectivity index (χ0v) is 10.5. The number of anilines is 1. The molecule has 18 heavy (non-hydrogen) atoms. The number of rotatable bonds is 6. The van der Waals surface area contributed by atoms with E-state index in [0.29, 0.717) is 11.4 Å². The lowest BCUT2D eigenvalue weighted by Crippen LogP contribution is -2.23. The Morgan fingerprint density at radius 3 is 2.61 bits per heavy atom. The molecule has 0 fully saturated rings. The van der Waals surface area contributed by atoms with Gasteiger partial charge in [0.2, 0.25) is 0 Å². The van der Waals surface area contributed by atoms with E-state index in [1.54, 1.807) is 0 Å². The molecule has 102 valence electrons. The van der Waals surface area contributed by atoms with E-state index >= 15 is 0 Å². The van der Waals surface area contributed by atoms with Gasteiger partial charge in [0.25, 0.3) is 10.1 Å². The van der Waals surface area contributed by atoms with Crippen molar-refractivity contribution in [3.63, 3.8) is 0 Å². The predicted molar refractivity (Wildman–Crippen MR) is 64.4 cm³/mol. The number of ether oxygens (including phenoxy) is 1. The summed E-state index contributed by atoms with van der Waals surface area (Å²) in [7, 11) is -2.90. The second-order valence-electron chi connectivity index (χ2n) is 3.55. The molecule has 1 aromatic carbocycles. The molecule has 0 aromatic heterocycles. The van der Waals surface area contributed by atoms with E-state index in [4.69, 9.17) is 14.4 Å². The van der Waals surface area contributed by atoms with Crippen molar-refractivity contribution in [2.45, 2.75) is 11.0 Å². The number of aliphatic hydroxyl groups excluding tert-OH is 2. The van der Waals surface area contributed by atoms with E-state index in [0.717, 1.165) is 0 Å². The Balaban J connectivity index is 3.00. The molecule has 0 radical (unpaired) electrons. The molecule has 0 aliphatic carbocycles. The van der Waals surface area contributed by atoms with Crippen molar-refractivity contribution in [1.82, 2.24) is 0 Å². The lowest BCUT2D eigenvalue weighted by Gasteiger charge is -2.14. The molecule has 1 unspecified atom stereocenters. The molecule has 0 aliphatic heterocycles. The molecule has 0 bridgehead atoms. The first-order valence-corrected chi connectivity index (χ1v) is 6.50. The molecule has 1 atom stereocenters. The van der Waals surface area contributed by atoms with Crippen molar-refractivity contribution >= 4 is 15.8 Å². The highest BCUT2D eigenvalue weighted by Crippen LogP contribution is 2.27. The Morgan fingerprint density at radius 1 is 1.44 bits per heavy atom. The van der Waals surface area contributed by atoms with Gasteiger partial charge >= 0.3 is 0 Å². The summed E-state index contributed by atoms with van der Waals surface area (Å²) >= 11 is 0. The van der Waals surface area contributed by atoms with Crippen LogP contribution in [0.2, 0.25) is 0 Å². The molecule has 8 heteroatoms. The number of hydrogen-bond acceptors (Lipinski definition) is 6. The van der Waals surface area contributed by atoms with Gasteiger partial charge in [-0.05, 0) is 18.2 Å². The van der Waals surface area contributed by atoms with Crippen LogP contribution < -0.4 is 10.1 Å². The standard InChI is InChI=1S/C10H15NO6S/c1-17-10-3-2-8(18(14,15)16)4-9(10)11-5-7(13)6-12/h2-4,7,11-13H,5-6H2,1H3,(H,14,15,16). The van der Waals surface area contributed by atoms with Crippen molar-refractivity contribution in [3.8, 4) is 5.75 Å². The van der Waals surface area contributed by atoms with Gasteiger partial charge in [-0.3, -0.25) is 4.55 Å². The van der Waals surface area contributed by atoms with Crippen LogP contribution in [0.1, 0.15) is 0 Å². The van der Waals surface area contributed by atoms with Crippen LogP contribution in [-0.2, 0) is 10.1 Å². The second-order valence-corrected chi connectivity index (χ2v) is 4.98. The largest absolute Gasteiger partial charge is 0.495 e. The monoisotopic (exact) mass is 277 g/mol. The minimum Gasteiger partial charge on any atom is -0.495 e. The van der Waals surface area contributed by atoms with Gasteiger partial charge in [0.05, 0.1) is 30.4 Å². The van der Waals surface area contributed by atoms with Crippen molar-refractivity contribution < 1.29 is 27.9 Å². The fraction of sp³-hybridized carbons (Fsp3) is 0.400. The third kappa shape index (κ3) is 3.84. The molecule has 1 rings (SSSR count). The highest BCUT2D eigenvalue weighted by atomic mass is 32.2. The van der Waals surface area contributed by atoms with Crippen LogP contribution in [0.3, 0.4) is 0 Å². The molecule has 7 nitrogen and oxygen atoms in total. The third-order valence-corrected chi connectivity index (χ3v) is 3.06. The van der Waals surface area contributed by atoms with Gasteiger partial charge < -0.3 is 20.3 Å². The van der Waals surface area contributed by atoms with Gasteiger partial charge in [-0.1, -0.05) is 0 Å². The van der Waals surface area contributed by atoms with E-state index in [1.165, 1.54) is 25.3 Å². The van der Waals surface area contributed by atoms with Gasteiger partial charge in [-0.25, -0.2) is 0 Å². The van der Waals surface area contributed by atoms with Crippen LogP contribution in [-0.4, -0.2) is 49.5 Å². The van der Waals surface area contributed by atoms with E-state index in [-0.39, 0.29) is 11.4 Å². The highest BCUT2D eigenvalue weighted by Gasteiger charge is 2.13. The Morgan fingerprint density at radius 2 is 2.11 bits per heavy atom. The lowest BCUT2D eigenvalue weighted by molar-refractivity contribution is 0.105. The van der Waals surface area contributed by atoms with Gasteiger partial charge in [0.15, 0.2) is 0 Å². The first kappa shape index (κ1) is 14.7. The van der Waals surface area contributed by atoms with E-state index in [9.17, 15) is 13.5 Å². The second kappa shape index (κ2) is 6.01. The molecule has 0 heterocycles. The Labute approximate surface area is 105 Å². The summed E-state index contributed by atoms with van der Waals surface area (Å²) < 4.78 is 35.9. The molecule has 0 amide bonds. The normalized spacial score (nSPS) is 13.1. The summed E-state index contributed by atoms with van der Waals surface area (Å²) in [6.07, 6.45) is -0.982. The summed E-state index contributed by atoms with van der Waals surface area (Å²) in [5.74, 6) is 0.354. The minimum absolute atomic E-state index is 0.0157. The SMILES string of the molecule is COc1ccc(S(=O)(=O)O)cc1NCC(O)CO. The fourth-order valence-electron chi connectivity index (χ4n) is 1.28. The van der Waals surface area contributed by atoms with Crippen LogP contribution in [0, 0.1) is 0 Å². The van der Waals surface area contributed by atoms with Crippen LogP contribution in [0.4, 0.5) is 5.69 Å². The molecule has 0 spiro atoms. The minimum atomic E-state index is -4.30. The lowest BCUT2D eigenvalue weighted by atomic mass is 10.2. The maximum Gasteiger partial charge on any atom is 0.294 e. The maximum atomic E-state index is 11.0. The van der Waals surface area contributed by atoms with Crippen LogP contribution in [0.15, 0.2) is 23.1 Å². The predicted octanol–water partition coefficient (Wildman–Crippen LogP) is -0.293. The summed E-state index contributed by atoms with van der Waals surface area (Å²) in [6.45, 7) is -0.408. The first-order valence-electron chi connectivity index (χ1n) is 5.06. The number of methoxy groups -OCH3 is 1. The Hall–Kier alpha value is -1.35. The van der Waals surface area contributed by atoms with Crippen molar-refractivity contribution in [1.29, 1.82) is 0 Å². The zero-order chi connectivity index (χ0) is 13.8. The van der Waals surface area contributed by atoms with Crippen LogP contribution >= 0.6 is 0 Å². The molecular formula is C10H15NO6S. The van der Waals surface area contributed by atoms with E-state index in [1.807, 2.05) is 0 Å². The van der Waals surface area contributed by atoms with Gasteiger partial charge in [-0.15, -0.1) is 0 Å². The summed E-state index contributed by atoms with van der Waals surface area (Å²) in [6, 6.07) is 3.75. The van der Waals surface area contributed by atoms with Gasteiger partial charge in [0.1, 0.15) is 5.75 Å². The molecule has 0 saturated carbocycles. The summed E-state index contributed by atoms with van der Waals surface area (Å²) in [5.41, 5.74) is 0.292. The molecule has 1 aromatic rings. The molecular weight excluding hydrogens is 262 g/mol. The van der Waals surface area contributed by atoms with E-state index in [2.05, 4.69) is 5.32 Å². The topological polar surface area (TPSA) is 116 Å². The fourth-order valence-corrected chi connectivity index (χ4v) is 1.78. The third-order valence-electron chi connectivity index (χ3n) is 2.21. The highest BCUT2D eigenvalue weighted by molar-refractivity contribution is 7.85. The number of aliphatic hydroxyl groups is 2. The Kier molecular flexibility index (Phi) is 4.91. The van der Waals surface area contributed by atoms with Crippen molar-refractivity contribution in [3.05, 3.63) is 18.2 Å². The summed E-state index contributed by atoms with van der Waals surface area (Å²) in [4.78, 5) is -0.288. The van der Waals surface area contributed by atoms with Gasteiger partial charge in [-0.2, -0.15) is 8.42 Å². The summed E-state index contributed by atoms with van der Waals surface area (Å²) in [5, 5.41) is 20.6. The maximum absolute atomic E-state index is 11.0. The molecule has 4 N–H and O–H groups in total. The van der Waals surface area contributed by atoms with Crippen molar-refractivity contribution in [2.24, 2.45) is 0 Å². The number of nitrogens with one attached hydrogen (secondary N) is 1. The molecule has 0 saturated heterocycles. The Bertz CT molecular complexity index is 501.